The van der Waals surface area contributed by atoms with Gasteiger partial charge in [-0.15, -0.1) is 0 Å². The molecule has 3 atom stereocenters. The Labute approximate surface area is 171 Å². The van der Waals surface area contributed by atoms with Crippen LogP contribution >= 0.6 is 0 Å². The van der Waals surface area contributed by atoms with Crippen LogP contribution in [0.1, 0.15) is 36.9 Å². The van der Waals surface area contributed by atoms with Crippen molar-refractivity contribution in [3.05, 3.63) is 71.8 Å². The van der Waals surface area contributed by atoms with Gasteiger partial charge in [0.1, 0.15) is 12.5 Å². The maximum Gasteiger partial charge on any atom is 0.308 e. The Morgan fingerprint density at radius 2 is 1.55 bits per heavy atom. The Kier molecular flexibility index (Phi) is 6.25. The van der Waals surface area contributed by atoms with Crippen LogP contribution in [0, 0.1) is 0 Å². The maximum absolute atomic E-state index is 11.6. The predicted molar refractivity (Wildman–Crippen MR) is 107 cm³/mol. The first-order chi connectivity index (χ1) is 14.2. The van der Waals surface area contributed by atoms with Gasteiger partial charge in [0.05, 0.1) is 45.0 Å². The lowest BCUT2D eigenvalue weighted by molar-refractivity contribution is -0.144. The van der Waals surface area contributed by atoms with Crippen molar-refractivity contribution in [3.63, 3.8) is 0 Å². The minimum Gasteiger partial charge on any atom is -0.466 e. The van der Waals surface area contributed by atoms with E-state index in [9.17, 15) is 4.79 Å². The number of benzene rings is 2. The summed E-state index contributed by atoms with van der Waals surface area (Å²) in [5.74, 6) is -0.239. The molecule has 0 amide bonds. The van der Waals surface area contributed by atoms with Crippen molar-refractivity contribution >= 4 is 5.97 Å². The average molecular weight is 397 g/mol. The zero-order valence-electron chi connectivity index (χ0n) is 16.7. The van der Waals surface area contributed by atoms with Gasteiger partial charge < -0.3 is 18.9 Å². The zero-order valence-corrected chi connectivity index (χ0v) is 16.7. The molecule has 0 N–H and O–H groups in total. The van der Waals surface area contributed by atoms with Gasteiger partial charge in [0.15, 0.2) is 0 Å². The quantitative estimate of drug-likeness (QED) is 0.502. The average Bonchev–Trinajstić information content (AvgIpc) is 3.30. The summed E-state index contributed by atoms with van der Waals surface area (Å²) in [6.45, 7) is 3.95. The minimum atomic E-state index is -0.393. The van der Waals surface area contributed by atoms with Crippen LogP contribution in [-0.2, 0) is 23.7 Å². The Morgan fingerprint density at radius 3 is 2.07 bits per heavy atom. The van der Waals surface area contributed by atoms with E-state index in [1.807, 2.05) is 36.4 Å². The van der Waals surface area contributed by atoms with Crippen LogP contribution in [0.4, 0.5) is 0 Å². The molecule has 2 aliphatic heterocycles. The number of hydrogen-bond donors (Lipinski definition) is 0. The Hall–Kier alpha value is -2.25. The molecular formula is C23H27NO5. The normalized spacial score (nSPS) is 26.4. The molecule has 2 aromatic rings. The Morgan fingerprint density at radius 1 is 1.00 bits per heavy atom. The summed E-state index contributed by atoms with van der Waals surface area (Å²) in [7, 11) is 0. The number of carbonyl (C=O) groups excluding carboxylic acids is 1. The molecule has 2 aliphatic rings. The first kappa shape index (κ1) is 20.0. The molecule has 1 unspecified atom stereocenters. The van der Waals surface area contributed by atoms with Gasteiger partial charge in [-0.05, 0) is 18.1 Å². The first-order valence-electron chi connectivity index (χ1n) is 10.1. The highest BCUT2D eigenvalue weighted by Gasteiger charge is 2.56. The van der Waals surface area contributed by atoms with E-state index in [0.717, 1.165) is 11.1 Å². The van der Waals surface area contributed by atoms with Crippen LogP contribution in [0.25, 0.3) is 0 Å². The van der Waals surface area contributed by atoms with Crippen molar-refractivity contribution in [2.24, 2.45) is 0 Å². The van der Waals surface area contributed by atoms with Gasteiger partial charge in [-0.2, -0.15) is 0 Å². The molecule has 6 nitrogen and oxygen atoms in total. The highest BCUT2D eigenvalue weighted by Crippen LogP contribution is 2.49. The van der Waals surface area contributed by atoms with Crippen LogP contribution in [0.2, 0.25) is 0 Å². The monoisotopic (exact) mass is 397 g/mol. The SMILES string of the molecule is CCOC(=O)CCOCC12CO[C@H](c3ccccc3)N1[C@H](c1ccccc1)OC2. The largest absolute Gasteiger partial charge is 0.466 e. The summed E-state index contributed by atoms with van der Waals surface area (Å²) in [5, 5.41) is 0. The number of carbonyl (C=O) groups is 1. The van der Waals surface area contributed by atoms with E-state index in [1.165, 1.54) is 0 Å². The highest BCUT2D eigenvalue weighted by molar-refractivity contribution is 5.69. The van der Waals surface area contributed by atoms with E-state index in [0.29, 0.717) is 33.0 Å². The number of nitrogens with zero attached hydrogens (tertiary/aromatic N) is 1. The van der Waals surface area contributed by atoms with Gasteiger partial charge in [0.2, 0.25) is 0 Å². The molecule has 29 heavy (non-hydrogen) atoms. The zero-order chi connectivity index (χ0) is 20.1. The van der Waals surface area contributed by atoms with Crippen LogP contribution in [-0.4, -0.2) is 49.4 Å². The van der Waals surface area contributed by atoms with E-state index >= 15 is 0 Å². The Balaban J connectivity index is 1.52. The Bertz CT molecular complexity index is 746. The number of esters is 1. The lowest BCUT2D eigenvalue weighted by atomic mass is 10.0. The molecule has 2 aromatic carbocycles. The lowest BCUT2D eigenvalue weighted by Gasteiger charge is -2.34. The van der Waals surface area contributed by atoms with Gasteiger partial charge >= 0.3 is 5.97 Å². The second-order valence-electron chi connectivity index (χ2n) is 7.39. The second kappa shape index (κ2) is 9.05. The van der Waals surface area contributed by atoms with Crippen LogP contribution in [0.15, 0.2) is 60.7 Å². The molecule has 2 heterocycles. The number of fused-ring (bicyclic) bond motifs is 1. The van der Waals surface area contributed by atoms with Crippen molar-refractivity contribution in [2.75, 3.05) is 33.0 Å². The molecule has 2 saturated heterocycles. The molecule has 0 saturated carbocycles. The molecule has 2 fully saturated rings. The van der Waals surface area contributed by atoms with Gasteiger partial charge in [0, 0.05) is 0 Å². The topological polar surface area (TPSA) is 57.2 Å². The van der Waals surface area contributed by atoms with E-state index in [2.05, 4.69) is 29.2 Å². The fraction of sp³-hybridized carbons (Fsp3) is 0.435. The third kappa shape index (κ3) is 4.21. The molecule has 154 valence electrons. The molecule has 0 aromatic heterocycles. The van der Waals surface area contributed by atoms with Gasteiger partial charge in [0.25, 0.3) is 0 Å². The van der Waals surface area contributed by atoms with Crippen LogP contribution in [0.3, 0.4) is 0 Å². The molecule has 0 radical (unpaired) electrons. The summed E-state index contributed by atoms with van der Waals surface area (Å²) < 4.78 is 23.4. The first-order valence-corrected chi connectivity index (χ1v) is 10.1. The standard InChI is InChI=1S/C23H27NO5/c1-2-27-20(25)13-14-26-15-23-16-28-21(18-9-5-3-6-10-18)24(23)22(29-17-23)19-11-7-4-8-12-19/h3-12,21-22H,2,13-17H2,1H3/t21-,22+,23?. The fourth-order valence-electron chi connectivity index (χ4n) is 4.00. The van der Waals surface area contributed by atoms with E-state index < -0.39 is 5.54 Å². The summed E-state index contributed by atoms with van der Waals surface area (Å²) in [5.41, 5.74) is 1.79. The van der Waals surface area contributed by atoms with E-state index in [1.54, 1.807) is 6.92 Å². The lowest BCUT2D eigenvalue weighted by Crippen LogP contribution is -2.48. The molecular weight excluding hydrogens is 370 g/mol. The third-order valence-electron chi connectivity index (χ3n) is 5.37. The van der Waals surface area contributed by atoms with E-state index in [4.69, 9.17) is 18.9 Å². The van der Waals surface area contributed by atoms with Gasteiger partial charge in [-0.25, -0.2) is 4.90 Å². The molecule has 0 aliphatic carbocycles. The number of hydrogen-bond acceptors (Lipinski definition) is 6. The molecule has 0 spiro atoms. The minimum absolute atomic E-state index is 0.211. The maximum atomic E-state index is 11.6. The van der Waals surface area contributed by atoms with Crippen molar-refractivity contribution in [2.45, 2.75) is 31.3 Å². The van der Waals surface area contributed by atoms with Gasteiger partial charge in [-0.1, -0.05) is 60.7 Å². The van der Waals surface area contributed by atoms with Crippen molar-refractivity contribution in [1.82, 2.24) is 4.90 Å². The van der Waals surface area contributed by atoms with E-state index in [-0.39, 0.29) is 24.8 Å². The third-order valence-corrected chi connectivity index (χ3v) is 5.37. The van der Waals surface area contributed by atoms with Crippen molar-refractivity contribution in [3.8, 4) is 0 Å². The molecule has 4 rings (SSSR count). The molecule has 6 heteroatoms. The predicted octanol–water partition coefficient (Wildman–Crippen LogP) is 3.46. The fourth-order valence-corrected chi connectivity index (χ4v) is 4.00. The summed E-state index contributed by atoms with van der Waals surface area (Å²) in [6, 6.07) is 20.4. The number of ether oxygens (including phenoxy) is 4. The second-order valence-corrected chi connectivity index (χ2v) is 7.39. The van der Waals surface area contributed by atoms with Crippen LogP contribution < -0.4 is 0 Å². The summed E-state index contributed by atoms with van der Waals surface area (Å²) in [4.78, 5) is 13.9. The summed E-state index contributed by atoms with van der Waals surface area (Å²) in [6.07, 6.45) is -0.175. The highest BCUT2D eigenvalue weighted by atomic mass is 16.6. The van der Waals surface area contributed by atoms with Crippen molar-refractivity contribution in [1.29, 1.82) is 0 Å². The summed E-state index contributed by atoms with van der Waals surface area (Å²) >= 11 is 0. The van der Waals surface area contributed by atoms with Crippen LogP contribution in [0.5, 0.6) is 0 Å². The molecule has 0 bridgehead atoms. The van der Waals surface area contributed by atoms with Crippen molar-refractivity contribution < 1.29 is 23.7 Å². The number of rotatable bonds is 8. The van der Waals surface area contributed by atoms with Gasteiger partial charge in [-0.3, -0.25) is 4.79 Å². The smallest absolute Gasteiger partial charge is 0.308 e.